The zero-order valence-corrected chi connectivity index (χ0v) is 19.6. The maximum Gasteiger partial charge on any atom is 0.252 e. The van der Waals surface area contributed by atoms with Crippen LogP contribution in [0.5, 0.6) is 0 Å². The Bertz CT molecular complexity index is 1360. The fourth-order valence-corrected chi connectivity index (χ4v) is 5.57. The molecule has 0 unspecified atom stereocenters. The van der Waals surface area contributed by atoms with E-state index in [1.807, 2.05) is 24.3 Å². The number of anilines is 1. The van der Waals surface area contributed by atoms with E-state index >= 15 is 0 Å². The zero-order chi connectivity index (χ0) is 24.6. The summed E-state index contributed by atoms with van der Waals surface area (Å²) in [4.78, 5) is 26.7. The van der Waals surface area contributed by atoms with Gasteiger partial charge in [0.1, 0.15) is 11.4 Å². The molecular weight excluding hydrogens is 469 g/mol. The summed E-state index contributed by atoms with van der Waals surface area (Å²) in [6, 6.07) is 18.6. The van der Waals surface area contributed by atoms with E-state index in [1.165, 1.54) is 48.5 Å². The van der Waals surface area contributed by atoms with E-state index in [9.17, 15) is 22.4 Å². The standard InChI is InChI=1S/C26H24FN3O4S/c27-20-7-5-17(6-8-20)24(31)29-26(15-18-3-1-2-4-19(18)16-26)25(32)28-21-11-13-23(14-12-21)35(33,34)30-22-9-10-22/h1-8,11-14,22,30H,9-10,15-16H2,(H,28,32)(H,29,31). The third kappa shape index (κ3) is 4.96. The molecule has 5 rings (SSSR count). The number of sulfonamides is 1. The van der Waals surface area contributed by atoms with Crippen molar-refractivity contribution in [3.05, 3.63) is 95.3 Å². The normalized spacial score (nSPS) is 16.4. The Hall–Kier alpha value is -3.56. The number of hydrogen-bond donors (Lipinski definition) is 3. The maximum atomic E-state index is 13.5. The molecule has 2 aliphatic rings. The molecule has 0 bridgehead atoms. The smallest absolute Gasteiger partial charge is 0.252 e. The van der Waals surface area contributed by atoms with Crippen LogP contribution in [0, 0.1) is 5.82 Å². The summed E-state index contributed by atoms with van der Waals surface area (Å²) in [5.74, 6) is -1.36. The van der Waals surface area contributed by atoms with E-state index in [0.29, 0.717) is 18.5 Å². The number of hydrogen-bond acceptors (Lipinski definition) is 4. The lowest BCUT2D eigenvalue weighted by Crippen LogP contribution is -2.57. The predicted octanol–water partition coefficient (Wildman–Crippen LogP) is 3.17. The number of nitrogens with one attached hydrogen (secondary N) is 3. The molecule has 2 amide bonds. The lowest BCUT2D eigenvalue weighted by atomic mass is 9.93. The van der Waals surface area contributed by atoms with Crippen molar-refractivity contribution < 1.29 is 22.4 Å². The van der Waals surface area contributed by atoms with Gasteiger partial charge in [-0.15, -0.1) is 0 Å². The van der Waals surface area contributed by atoms with Crippen molar-refractivity contribution in [3.63, 3.8) is 0 Å². The molecule has 2 aliphatic carbocycles. The van der Waals surface area contributed by atoms with E-state index in [2.05, 4.69) is 15.4 Å². The highest BCUT2D eigenvalue weighted by Crippen LogP contribution is 2.32. The molecule has 1 saturated carbocycles. The zero-order valence-electron chi connectivity index (χ0n) is 18.8. The Labute approximate surface area is 202 Å². The quantitative estimate of drug-likeness (QED) is 0.470. The average molecular weight is 494 g/mol. The van der Waals surface area contributed by atoms with E-state index in [4.69, 9.17) is 0 Å². The maximum absolute atomic E-state index is 13.5. The number of carbonyl (C=O) groups excluding carboxylic acids is 2. The highest BCUT2D eigenvalue weighted by Gasteiger charge is 2.45. The summed E-state index contributed by atoms with van der Waals surface area (Å²) < 4.78 is 40.8. The molecule has 0 aromatic heterocycles. The van der Waals surface area contributed by atoms with Crippen molar-refractivity contribution in [1.29, 1.82) is 0 Å². The first kappa shape index (κ1) is 23.2. The molecule has 0 aliphatic heterocycles. The second kappa shape index (κ2) is 8.90. The van der Waals surface area contributed by atoms with Crippen LogP contribution in [0.1, 0.15) is 34.3 Å². The molecule has 35 heavy (non-hydrogen) atoms. The van der Waals surface area contributed by atoms with Crippen LogP contribution in [-0.4, -0.2) is 31.8 Å². The topological polar surface area (TPSA) is 104 Å². The molecule has 7 nitrogen and oxygen atoms in total. The van der Waals surface area contributed by atoms with Gasteiger partial charge in [-0.2, -0.15) is 0 Å². The molecular formula is C26H24FN3O4S. The van der Waals surface area contributed by atoms with Gasteiger partial charge < -0.3 is 10.6 Å². The van der Waals surface area contributed by atoms with Crippen molar-refractivity contribution in [3.8, 4) is 0 Å². The molecule has 1 fully saturated rings. The van der Waals surface area contributed by atoms with Crippen LogP contribution in [0.15, 0.2) is 77.7 Å². The average Bonchev–Trinajstić information content (AvgIpc) is 3.55. The molecule has 3 aromatic rings. The summed E-state index contributed by atoms with van der Waals surface area (Å²) in [6.45, 7) is 0. The first-order chi connectivity index (χ1) is 16.7. The van der Waals surface area contributed by atoms with Gasteiger partial charge in [-0.3, -0.25) is 9.59 Å². The van der Waals surface area contributed by atoms with Crippen molar-refractivity contribution >= 4 is 27.5 Å². The SMILES string of the molecule is O=C(NC1(C(=O)Nc2ccc(S(=O)(=O)NC3CC3)cc2)Cc2ccccc2C1)c1ccc(F)cc1. The fraction of sp³-hybridized carbons (Fsp3) is 0.231. The van der Waals surface area contributed by atoms with E-state index in [-0.39, 0.29) is 16.5 Å². The Balaban J connectivity index is 1.37. The third-order valence-electron chi connectivity index (χ3n) is 6.32. The van der Waals surface area contributed by atoms with Crippen LogP contribution in [0.4, 0.5) is 10.1 Å². The fourth-order valence-electron chi connectivity index (χ4n) is 4.27. The van der Waals surface area contributed by atoms with Gasteiger partial charge in [-0.25, -0.2) is 17.5 Å². The van der Waals surface area contributed by atoms with Gasteiger partial charge in [0.05, 0.1) is 4.90 Å². The van der Waals surface area contributed by atoms with E-state index in [0.717, 1.165) is 24.0 Å². The number of amides is 2. The number of rotatable bonds is 7. The van der Waals surface area contributed by atoms with Gasteiger partial charge in [0, 0.05) is 30.1 Å². The van der Waals surface area contributed by atoms with E-state index < -0.39 is 33.2 Å². The first-order valence-corrected chi connectivity index (χ1v) is 12.8. The molecule has 0 spiro atoms. The molecule has 3 N–H and O–H groups in total. The molecule has 0 saturated heterocycles. The number of carbonyl (C=O) groups is 2. The Kier molecular flexibility index (Phi) is 5.90. The van der Waals surface area contributed by atoms with Gasteiger partial charge in [0.15, 0.2) is 0 Å². The van der Waals surface area contributed by atoms with Crippen LogP contribution < -0.4 is 15.4 Å². The summed E-state index contributed by atoms with van der Waals surface area (Å²) in [5.41, 5.74) is 1.30. The van der Waals surface area contributed by atoms with Gasteiger partial charge >= 0.3 is 0 Å². The Morgan fingerprint density at radius 3 is 2.03 bits per heavy atom. The molecule has 3 aromatic carbocycles. The number of fused-ring (bicyclic) bond motifs is 1. The van der Waals surface area contributed by atoms with Gasteiger partial charge in [-0.05, 0) is 72.5 Å². The van der Waals surface area contributed by atoms with Crippen molar-refractivity contribution in [2.75, 3.05) is 5.32 Å². The molecule has 0 heterocycles. The molecule has 0 radical (unpaired) electrons. The van der Waals surface area contributed by atoms with Crippen LogP contribution in [0.25, 0.3) is 0 Å². The first-order valence-electron chi connectivity index (χ1n) is 11.3. The summed E-state index contributed by atoms with van der Waals surface area (Å²) in [5, 5.41) is 5.71. The van der Waals surface area contributed by atoms with Crippen LogP contribution >= 0.6 is 0 Å². The van der Waals surface area contributed by atoms with Crippen LogP contribution in [0.2, 0.25) is 0 Å². The van der Waals surface area contributed by atoms with Crippen LogP contribution in [0.3, 0.4) is 0 Å². The monoisotopic (exact) mass is 493 g/mol. The van der Waals surface area contributed by atoms with Crippen molar-refractivity contribution in [2.45, 2.75) is 42.2 Å². The summed E-state index contributed by atoms with van der Waals surface area (Å²) in [6.07, 6.45) is 2.25. The summed E-state index contributed by atoms with van der Waals surface area (Å²) >= 11 is 0. The molecule has 9 heteroatoms. The van der Waals surface area contributed by atoms with Gasteiger partial charge in [0.2, 0.25) is 10.0 Å². The lowest BCUT2D eigenvalue weighted by Gasteiger charge is -2.29. The highest BCUT2D eigenvalue weighted by atomic mass is 32.2. The minimum Gasteiger partial charge on any atom is -0.337 e. The second-order valence-electron chi connectivity index (χ2n) is 9.04. The minimum absolute atomic E-state index is 0.00652. The van der Waals surface area contributed by atoms with Gasteiger partial charge in [0.25, 0.3) is 11.8 Å². The lowest BCUT2D eigenvalue weighted by molar-refractivity contribution is -0.121. The second-order valence-corrected chi connectivity index (χ2v) is 10.8. The Morgan fingerprint density at radius 2 is 1.46 bits per heavy atom. The number of halogens is 1. The minimum atomic E-state index is -3.60. The summed E-state index contributed by atoms with van der Waals surface area (Å²) in [7, 11) is -3.60. The van der Waals surface area contributed by atoms with Crippen molar-refractivity contribution in [2.24, 2.45) is 0 Å². The van der Waals surface area contributed by atoms with E-state index in [1.54, 1.807) is 0 Å². The third-order valence-corrected chi connectivity index (χ3v) is 7.85. The Morgan fingerprint density at radius 1 is 0.857 bits per heavy atom. The predicted molar refractivity (Wildman–Crippen MR) is 129 cm³/mol. The molecule has 180 valence electrons. The van der Waals surface area contributed by atoms with Crippen molar-refractivity contribution in [1.82, 2.24) is 10.0 Å². The highest BCUT2D eigenvalue weighted by molar-refractivity contribution is 7.89. The number of benzene rings is 3. The largest absolute Gasteiger partial charge is 0.337 e. The van der Waals surface area contributed by atoms with Crippen LogP contribution in [-0.2, 0) is 27.7 Å². The van der Waals surface area contributed by atoms with Gasteiger partial charge in [-0.1, -0.05) is 24.3 Å². The molecule has 0 atom stereocenters.